The molecule has 142 valence electrons. The smallest absolute Gasteiger partial charge is 0.144 e. The van der Waals surface area contributed by atoms with E-state index in [9.17, 15) is 5.11 Å². The van der Waals surface area contributed by atoms with Crippen molar-refractivity contribution in [3.8, 4) is 17.0 Å². The molecule has 0 atom stereocenters. The SMILES string of the molecule is CCCCCCCCCCCCNc1cnc(-c2ccc(O)cc2)cn1. The molecule has 4 heteroatoms. The van der Waals surface area contributed by atoms with Gasteiger partial charge in [0.1, 0.15) is 11.6 Å². The summed E-state index contributed by atoms with van der Waals surface area (Å²) in [4.78, 5) is 8.87. The molecule has 4 nitrogen and oxygen atoms in total. The van der Waals surface area contributed by atoms with Gasteiger partial charge in [0.05, 0.1) is 18.1 Å². The van der Waals surface area contributed by atoms with Gasteiger partial charge in [-0.1, -0.05) is 64.7 Å². The van der Waals surface area contributed by atoms with Crippen LogP contribution < -0.4 is 5.32 Å². The first kappa shape index (κ1) is 20.2. The monoisotopic (exact) mass is 355 g/mol. The number of hydrogen-bond acceptors (Lipinski definition) is 4. The molecule has 0 aliphatic carbocycles. The molecule has 0 spiro atoms. The third-order valence-electron chi connectivity index (χ3n) is 4.65. The maximum atomic E-state index is 9.33. The Hall–Kier alpha value is -2.10. The van der Waals surface area contributed by atoms with Gasteiger partial charge in [0.2, 0.25) is 0 Å². The highest BCUT2D eigenvalue weighted by molar-refractivity contribution is 5.59. The lowest BCUT2D eigenvalue weighted by Crippen LogP contribution is -2.03. The van der Waals surface area contributed by atoms with Crippen LogP contribution in [0.25, 0.3) is 11.3 Å². The summed E-state index contributed by atoms with van der Waals surface area (Å²) in [6.45, 7) is 3.22. The topological polar surface area (TPSA) is 58.0 Å². The summed E-state index contributed by atoms with van der Waals surface area (Å²) >= 11 is 0. The number of anilines is 1. The molecule has 0 amide bonds. The van der Waals surface area contributed by atoms with E-state index in [1.807, 2.05) is 12.1 Å². The number of phenols is 1. The van der Waals surface area contributed by atoms with E-state index in [4.69, 9.17) is 0 Å². The summed E-state index contributed by atoms with van der Waals surface area (Å²) in [7, 11) is 0. The highest BCUT2D eigenvalue weighted by Gasteiger charge is 2.01. The molecule has 0 saturated carbocycles. The molecule has 2 rings (SSSR count). The Kier molecular flexibility index (Phi) is 9.55. The number of rotatable bonds is 13. The maximum Gasteiger partial charge on any atom is 0.144 e. The predicted molar refractivity (Wildman–Crippen MR) is 109 cm³/mol. The van der Waals surface area contributed by atoms with Crippen molar-refractivity contribution in [2.24, 2.45) is 0 Å². The van der Waals surface area contributed by atoms with Crippen LogP contribution in [0.15, 0.2) is 36.7 Å². The van der Waals surface area contributed by atoms with Gasteiger partial charge in [0.15, 0.2) is 0 Å². The molecule has 0 aliphatic rings. The van der Waals surface area contributed by atoms with Gasteiger partial charge in [-0.2, -0.15) is 0 Å². The molecule has 0 fully saturated rings. The van der Waals surface area contributed by atoms with Crippen molar-refractivity contribution in [2.75, 3.05) is 11.9 Å². The van der Waals surface area contributed by atoms with E-state index in [1.54, 1.807) is 24.5 Å². The second-order valence-corrected chi connectivity index (χ2v) is 6.94. The molecular weight excluding hydrogens is 322 g/mol. The number of phenolic OH excluding ortho intramolecular Hbond substituents is 1. The number of unbranched alkanes of at least 4 members (excludes halogenated alkanes) is 9. The summed E-state index contributed by atoms with van der Waals surface area (Å²) in [6, 6.07) is 7.01. The molecule has 1 heterocycles. The van der Waals surface area contributed by atoms with Crippen LogP contribution in [0.1, 0.15) is 71.1 Å². The fraction of sp³-hybridized carbons (Fsp3) is 0.545. The van der Waals surface area contributed by atoms with Crippen LogP contribution in [-0.2, 0) is 0 Å². The largest absolute Gasteiger partial charge is 0.508 e. The zero-order valence-electron chi connectivity index (χ0n) is 16.1. The average molecular weight is 356 g/mol. The zero-order chi connectivity index (χ0) is 18.5. The molecule has 0 aliphatic heterocycles. The molecule has 1 aromatic heterocycles. The highest BCUT2D eigenvalue weighted by Crippen LogP contribution is 2.19. The first-order valence-electron chi connectivity index (χ1n) is 10.1. The standard InChI is InChI=1S/C22H33N3O/c1-2-3-4-5-6-7-8-9-10-11-16-23-22-18-24-21(17-25-22)19-12-14-20(26)15-13-19/h12-15,17-18,26H,2-11,16H2,1H3,(H,23,25). The van der Waals surface area contributed by atoms with Crippen LogP contribution in [0.2, 0.25) is 0 Å². The van der Waals surface area contributed by atoms with Crippen molar-refractivity contribution in [3.63, 3.8) is 0 Å². The fourth-order valence-electron chi connectivity index (χ4n) is 3.03. The quantitative estimate of drug-likeness (QED) is 0.421. The van der Waals surface area contributed by atoms with Crippen LogP contribution in [0.5, 0.6) is 5.75 Å². The van der Waals surface area contributed by atoms with Gasteiger partial charge in [-0.3, -0.25) is 4.98 Å². The van der Waals surface area contributed by atoms with E-state index in [0.717, 1.165) is 23.6 Å². The van der Waals surface area contributed by atoms with Crippen molar-refractivity contribution in [1.29, 1.82) is 0 Å². The van der Waals surface area contributed by atoms with Gasteiger partial charge in [-0.15, -0.1) is 0 Å². The fourth-order valence-corrected chi connectivity index (χ4v) is 3.03. The van der Waals surface area contributed by atoms with Crippen LogP contribution in [0, 0.1) is 0 Å². The maximum absolute atomic E-state index is 9.33. The molecule has 0 saturated heterocycles. The molecule has 2 N–H and O–H groups in total. The van der Waals surface area contributed by atoms with E-state index in [1.165, 1.54) is 64.2 Å². The second-order valence-electron chi connectivity index (χ2n) is 6.94. The van der Waals surface area contributed by atoms with Crippen molar-refractivity contribution in [2.45, 2.75) is 71.1 Å². The highest BCUT2D eigenvalue weighted by atomic mass is 16.3. The van der Waals surface area contributed by atoms with E-state index in [2.05, 4.69) is 22.2 Å². The van der Waals surface area contributed by atoms with Crippen LogP contribution in [0.3, 0.4) is 0 Å². The molecular formula is C22H33N3O. The Balaban J connectivity index is 1.54. The minimum atomic E-state index is 0.261. The summed E-state index contributed by atoms with van der Waals surface area (Å²) in [5.74, 6) is 1.08. The number of aromatic nitrogens is 2. The minimum Gasteiger partial charge on any atom is -0.508 e. The van der Waals surface area contributed by atoms with Crippen molar-refractivity contribution >= 4 is 5.82 Å². The summed E-state index contributed by atoms with van der Waals surface area (Å²) in [6.07, 6.45) is 17.0. The normalized spacial score (nSPS) is 10.8. The van der Waals surface area contributed by atoms with E-state index < -0.39 is 0 Å². The molecule has 1 aromatic carbocycles. The number of hydrogen-bond donors (Lipinski definition) is 2. The Labute approximate surface area is 158 Å². The molecule has 26 heavy (non-hydrogen) atoms. The first-order valence-corrected chi connectivity index (χ1v) is 10.1. The zero-order valence-corrected chi connectivity index (χ0v) is 16.1. The predicted octanol–water partition coefficient (Wildman–Crippen LogP) is 6.18. The van der Waals surface area contributed by atoms with Crippen LogP contribution in [-0.4, -0.2) is 21.6 Å². The lowest BCUT2D eigenvalue weighted by molar-refractivity contribution is 0.475. The Bertz CT molecular complexity index is 596. The Morgan fingerprint density at radius 3 is 1.96 bits per heavy atom. The molecule has 0 bridgehead atoms. The molecule has 0 radical (unpaired) electrons. The molecule has 0 unspecified atom stereocenters. The summed E-state index contributed by atoms with van der Waals surface area (Å²) in [5, 5.41) is 12.7. The van der Waals surface area contributed by atoms with Gasteiger partial charge in [-0.25, -0.2) is 4.98 Å². The number of benzene rings is 1. The minimum absolute atomic E-state index is 0.261. The van der Waals surface area contributed by atoms with Gasteiger partial charge in [0.25, 0.3) is 0 Å². The number of aromatic hydroxyl groups is 1. The second kappa shape index (κ2) is 12.3. The Morgan fingerprint density at radius 1 is 0.769 bits per heavy atom. The third-order valence-corrected chi connectivity index (χ3v) is 4.65. The summed E-state index contributed by atoms with van der Waals surface area (Å²) in [5.41, 5.74) is 1.77. The van der Waals surface area contributed by atoms with E-state index in [-0.39, 0.29) is 5.75 Å². The lowest BCUT2D eigenvalue weighted by atomic mass is 10.1. The average Bonchev–Trinajstić information content (AvgIpc) is 2.67. The number of nitrogens with one attached hydrogen (secondary N) is 1. The van der Waals surface area contributed by atoms with Crippen LogP contribution >= 0.6 is 0 Å². The van der Waals surface area contributed by atoms with Gasteiger partial charge >= 0.3 is 0 Å². The van der Waals surface area contributed by atoms with Gasteiger partial charge < -0.3 is 10.4 Å². The summed E-state index contributed by atoms with van der Waals surface area (Å²) < 4.78 is 0. The number of nitrogens with zero attached hydrogens (tertiary/aromatic N) is 2. The molecule has 2 aromatic rings. The van der Waals surface area contributed by atoms with Gasteiger partial charge in [-0.05, 0) is 30.7 Å². The van der Waals surface area contributed by atoms with Crippen molar-refractivity contribution in [1.82, 2.24) is 9.97 Å². The van der Waals surface area contributed by atoms with Crippen molar-refractivity contribution in [3.05, 3.63) is 36.7 Å². The third kappa shape index (κ3) is 7.85. The lowest BCUT2D eigenvalue weighted by Gasteiger charge is -2.06. The van der Waals surface area contributed by atoms with Crippen molar-refractivity contribution < 1.29 is 5.11 Å². The van der Waals surface area contributed by atoms with E-state index >= 15 is 0 Å². The van der Waals surface area contributed by atoms with Gasteiger partial charge in [0, 0.05) is 12.1 Å². The van der Waals surface area contributed by atoms with Crippen LogP contribution in [0.4, 0.5) is 5.82 Å². The Morgan fingerprint density at radius 2 is 1.38 bits per heavy atom. The first-order chi connectivity index (χ1) is 12.8. The van der Waals surface area contributed by atoms with E-state index in [0.29, 0.717) is 0 Å².